The number of ether oxygens (including phenoxy) is 1. The zero-order valence-corrected chi connectivity index (χ0v) is 19.1. The zero-order chi connectivity index (χ0) is 21.4. The smallest absolute Gasteiger partial charge is 0.237 e. The lowest BCUT2D eigenvalue weighted by Gasteiger charge is -2.48. The Hall–Kier alpha value is -0.760. The van der Waals surface area contributed by atoms with Gasteiger partial charge in [-0.25, -0.2) is 4.39 Å². The molecule has 7 heteroatoms. The van der Waals surface area contributed by atoms with Gasteiger partial charge in [-0.05, 0) is 63.7 Å². The Morgan fingerprint density at radius 3 is 2.74 bits per heavy atom. The molecule has 176 valence electrons. The minimum absolute atomic E-state index is 0.0108. The standard InChI is InChI=1S/C24H41FN4O2/c1-16-5-6-20(25)19-14-21(28-22(16)19)23(30)27-17-3-2-4-18(13-17)29-10-7-24(8-11-29)15-31-12-9-26-24/h16-22,26,28H,2-15H2,1H3,(H,27,30). The molecule has 3 heterocycles. The highest BCUT2D eigenvalue weighted by Crippen LogP contribution is 2.39. The summed E-state index contributed by atoms with van der Waals surface area (Å²) in [5.74, 6) is 0.567. The number of halogens is 1. The van der Waals surface area contributed by atoms with Crippen LogP contribution in [-0.2, 0) is 9.53 Å². The number of amides is 1. The quantitative estimate of drug-likeness (QED) is 0.632. The number of alkyl halides is 1. The van der Waals surface area contributed by atoms with Gasteiger partial charge in [0.1, 0.15) is 6.17 Å². The molecule has 2 aliphatic carbocycles. The first-order chi connectivity index (χ1) is 15.0. The number of morpholine rings is 1. The minimum Gasteiger partial charge on any atom is -0.378 e. The lowest BCUT2D eigenvalue weighted by molar-refractivity contribution is -0.124. The SMILES string of the molecule is CC1CCC(F)C2CC(C(=O)NC3CCCC(N4CCC5(CC4)COCCN5)C3)NC12. The van der Waals surface area contributed by atoms with Gasteiger partial charge in [0, 0.05) is 49.2 Å². The van der Waals surface area contributed by atoms with E-state index >= 15 is 0 Å². The molecule has 0 aromatic carbocycles. The molecule has 1 spiro atoms. The Bertz CT molecular complexity index is 615. The lowest BCUT2D eigenvalue weighted by atomic mass is 9.77. The van der Waals surface area contributed by atoms with E-state index in [1.54, 1.807) is 0 Å². The van der Waals surface area contributed by atoms with Crippen molar-refractivity contribution in [1.29, 1.82) is 0 Å². The molecule has 7 atom stereocenters. The van der Waals surface area contributed by atoms with Crippen LogP contribution in [0.3, 0.4) is 0 Å². The van der Waals surface area contributed by atoms with Crippen LogP contribution in [0.15, 0.2) is 0 Å². The molecule has 31 heavy (non-hydrogen) atoms. The van der Waals surface area contributed by atoms with Crippen LogP contribution in [-0.4, -0.2) is 79.5 Å². The number of piperidine rings is 1. The fourth-order valence-electron chi connectivity index (χ4n) is 7.07. The van der Waals surface area contributed by atoms with Gasteiger partial charge in [0.15, 0.2) is 0 Å². The molecule has 1 amide bonds. The fraction of sp³-hybridized carbons (Fsp3) is 0.958. The Labute approximate surface area is 186 Å². The summed E-state index contributed by atoms with van der Waals surface area (Å²) >= 11 is 0. The second kappa shape index (κ2) is 9.24. The van der Waals surface area contributed by atoms with Gasteiger partial charge in [0.2, 0.25) is 5.91 Å². The van der Waals surface area contributed by atoms with Crippen molar-refractivity contribution >= 4 is 5.91 Å². The average Bonchev–Trinajstić information content (AvgIpc) is 3.25. The molecule has 0 bridgehead atoms. The van der Waals surface area contributed by atoms with E-state index in [1.807, 2.05) is 0 Å². The van der Waals surface area contributed by atoms with E-state index in [0.29, 0.717) is 24.8 Å². The summed E-state index contributed by atoms with van der Waals surface area (Å²) in [6, 6.07) is 0.759. The summed E-state index contributed by atoms with van der Waals surface area (Å²) in [4.78, 5) is 15.7. The molecule has 3 saturated heterocycles. The molecule has 5 aliphatic rings. The van der Waals surface area contributed by atoms with Crippen LogP contribution >= 0.6 is 0 Å². The molecule has 3 N–H and O–H groups in total. The van der Waals surface area contributed by atoms with E-state index in [4.69, 9.17) is 4.74 Å². The molecule has 7 unspecified atom stereocenters. The Kier molecular flexibility index (Phi) is 6.57. The van der Waals surface area contributed by atoms with Crippen LogP contribution in [0.4, 0.5) is 4.39 Å². The van der Waals surface area contributed by atoms with E-state index in [1.165, 1.54) is 12.8 Å². The van der Waals surface area contributed by atoms with Gasteiger partial charge in [0.05, 0.1) is 19.3 Å². The molecule has 0 aromatic rings. The number of hydrogen-bond donors (Lipinski definition) is 3. The summed E-state index contributed by atoms with van der Waals surface area (Å²) in [5, 5.41) is 10.5. The van der Waals surface area contributed by atoms with Gasteiger partial charge in [0.25, 0.3) is 0 Å². The van der Waals surface area contributed by atoms with E-state index in [0.717, 1.165) is 65.0 Å². The van der Waals surface area contributed by atoms with Crippen LogP contribution in [0.2, 0.25) is 0 Å². The number of carbonyl (C=O) groups excluding carboxylic acids is 1. The van der Waals surface area contributed by atoms with Crippen LogP contribution in [0.25, 0.3) is 0 Å². The van der Waals surface area contributed by atoms with Crippen molar-refractivity contribution in [1.82, 2.24) is 20.9 Å². The van der Waals surface area contributed by atoms with E-state index < -0.39 is 6.17 Å². The molecule has 3 aliphatic heterocycles. The van der Waals surface area contributed by atoms with Crippen molar-refractivity contribution in [2.45, 2.75) is 101 Å². The number of likely N-dealkylation sites (tertiary alicyclic amines) is 1. The van der Waals surface area contributed by atoms with Gasteiger partial charge < -0.3 is 25.6 Å². The Balaban J connectivity index is 1.11. The third-order valence-electron chi connectivity index (χ3n) is 9.04. The van der Waals surface area contributed by atoms with Crippen molar-refractivity contribution in [3.05, 3.63) is 0 Å². The number of rotatable bonds is 3. The first kappa shape index (κ1) is 22.1. The van der Waals surface area contributed by atoms with Crippen LogP contribution in [0.1, 0.15) is 64.7 Å². The monoisotopic (exact) mass is 436 g/mol. The van der Waals surface area contributed by atoms with Crippen molar-refractivity contribution in [2.75, 3.05) is 32.8 Å². The van der Waals surface area contributed by atoms with E-state index in [-0.39, 0.29) is 35.5 Å². The third-order valence-corrected chi connectivity index (χ3v) is 9.04. The molecular formula is C24H41FN4O2. The Morgan fingerprint density at radius 1 is 1.16 bits per heavy atom. The number of carbonyl (C=O) groups is 1. The fourth-order valence-corrected chi connectivity index (χ4v) is 7.07. The second-order valence-electron chi connectivity index (χ2n) is 11.0. The molecule has 5 rings (SSSR count). The van der Waals surface area contributed by atoms with Crippen molar-refractivity contribution < 1.29 is 13.9 Å². The zero-order valence-electron chi connectivity index (χ0n) is 19.1. The molecule has 6 nitrogen and oxygen atoms in total. The van der Waals surface area contributed by atoms with Crippen LogP contribution < -0.4 is 16.0 Å². The summed E-state index contributed by atoms with van der Waals surface area (Å²) in [7, 11) is 0. The van der Waals surface area contributed by atoms with E-state index in [9.17, 15) is 9.18 Å². The lowest BCUT2D eigenvalue weighted by Crippen LogP contribution is -2.61. The molecule has 0 radical (unpaired) electrons. The largest absolute Gasteiger partial charge is 0.378 e. The first-order valence-electron chi connectivity index (χ1n) is 12.8. The van der Waals surface area contributed by atoms with Crippen molar-refractivity contribution in [3.8, 4) is 0 Å². The molecule has 0 aromatic heterocycles. The molecular weight excluding hydrogens is 395 g/mol. The topological polar surface area (TPSA) is 65.6 Å². The highest BCUT2D eigenvalue weighted by molar-refractivity contribution is 5.82. The number of nitrogens with zero attached hydrogens (tertiary/aromatic N) is 1. The normalized spacial score (nSPS) is 43.5. The van der Waals surface area contributed by atoms with Crippen molar-refractivity contribution in [3.63, 3.8) is 0 Å². The van der Waals surface area contributed by atoms with Gasteiger partial charge in [-0.1, -0.05) is 6.92 Å². The summed E-state index contributed by atoms with van der Waals surface area (Å²) < 4.78 is 20.2. The summed E-state index contributed by atoms with van der Waals surface area (Å²) in [6.07, 6.45) is 8.30. The average molecular weight is 437 g/mol. The van der Waals surface area contributed by atoms with Gasteiger partial charge in [-0.2, -0.15) is 0 Å². The van der Waals surface area contributed by atoms with Gasteiger partial charge in [-0.3, -0.25) is 4.79 Å². The predicted molar refractivity (Wildman–Crippen MR) is 119 cm³/mol. The van der Waals surface area contributed by atoms with Gasteiger partial charge in [-0.15, -0.1) is 0 Å². The number of fused-ring (bicyclic) bond motifs is 1. The van der Waals surface area contributed by atoms with Crippen molar-refractivity contribution in [2.24, 2.45) is 11.8 Å². The maximum absolute atomic E-state index is 14.4. The highest BCUT2D eigenvalue weighted by Gasteiger charge is 2.46. The Morgan fingerprint density at radius 2 is 2.00 bits per heavy atom. The summed E-state index contributed by atoms with van der Waals surface area (Å²) in [6.45, 7) is 7.07. The molecule has 5 fully saturated rings. The predicted octanol–water partition coefficient (Wildman–Crippen LogP) is 1.98. The van der Waals surface area contributed by atoms with Gasteiger partial charge >= 0.3 is 0 Å². The first-order valence-corrected chi connectivity index (χ1v) is 12.8. The third kappa shape index (κ3) is 4.66. The summed E-state index contributed by atoms with van der Waals surface area (Å²) in [5.41, 5.74) is 0.188. The van der Waals surface area contributed by atoms with Crippen LogP contribution in [0.5, 0.6) is 0 Å². The maximum atomic E-state index is 14.4. The van der Waals surface area contributed by atoms with E-state index in [2.05, 4.69) is 27.8 Å². The number of hydrogen-bond acceptors (Lipinski definition) is 5. The minimum atomic E-state index is -0.753. The number of nitrogens with one attached hydrogen (secondary N) is 3. The highest BCUT2D eigenvalue weighted by atomic mass is 19.1. The maximum Gasteiger partial charge on any atom is 0.237 e. The molecule has 2 saturated carbocycles. The van der Waals surface area contributed by atoms with Crippen LogP contribution in [0, 0.1) is 11.8 Å². The second-order valence-corrected chi connectivity index (χ2v) is 11.0.